The number of hydrogen-bond donors (Lipinski definition) is 0. The summed E-state index contributed by atoms with van der Waals surface area (Å²) in [6.45, 7) is 5.68. The molecule has 0 amide bonds. The zero-order valence-corrected chi connectivity index (χ0v) is 15.4. The minimum atomic E-state index is -4.02. The molecular formula is C19H22N2O4S. The van der Waals surface area contributed by atoms with Crippen LogP contribution in [0, 0.1) is 10.1 Å². The normalized spacial score (nSPS) is 12.7. The molecule has 0 aliphatic heterocycles. The molecule has 2 aromatic rings. The lowest BCUT2D eigenvalue weighted by Crippen LogP contribution is -2.40. The van der Waals surface area contributed by atoms with Gasteiger partial charge in [0.25, 0.3) is 5.69 Å². The Bertz CT molecular complexity index is 866. The van der Waals surface area contributed by atoms with Gasteiger partial charge in [-0.1, -0.05) is 48.5 Å². The van der Waals surface area contributed by atoms with Crippen molar-refractivity contribution in [2.45, 2.75) is 30.7 Å². The van der Waals surface area contributed by atoms with E-state index in [4.69, 9.17) is 0 Å². The summed E-state index contributed by atoms with van der Waals surface area (Å²) in [5, 5.41) is 11.3. The standard InChI is InChI=1S/C19H22N2O4S/c1-3-9-16(2)20(15-14-17-10-5-4-6-11-17)26(24,25)19-13-8-7-12-18(19)21(22)23/h3-8,10-13,16H,1,9,14-15H2,2H3. The maximum atomic E-state index is 13.2. The number of rotatable bonds is 9. The second-order valence-corrected chi connectivity index (χ2v) is 7.81. The Morgan fingerprint density at radius 2 is 1.77 bits per heavy atom. The van der Waals surface area contributed by atoms with Gasteiger partial charge in [0.05, 0.1) is 4.92 Å². The van der Waals surface area contributed by atoms with Crippen molar-refractivity contribution in [3.63, 3.8) is 0 Å². The number of nitro groups is 1. The van der Waals surface area contributed by atoms with Gasteiger partial charge >= 0.3 is 0 Å². The van der Waals surface area contributed by atoms with Gasteiger partial charge in [-0.05, 0) is 31.4 Å². The average molecular weight is 374 g/mol. The maximum absolute atomic E-state index is 13.2. The molecule has 2 aromatic carbocycles. The number of nitrogens with zero attached hydrogens (tertiary/aromatic N) is 2. The second-order valence-electron chi connectivity index (χ2n) is 5.95. The molecule has 0 N–H and O–H groups in total. The van der Waals surface area contributed by atoms with Crippen molar-refractivity contribution in [3.05, 3.63) is 82.9 Å². The molecule has 0 spiro atoms. The van der Waals surface area contributed by atoms with Crippen molar-refractivity contribution in [1.82, 2.24) is 4.31 Å². The van der Waals surface area contributed by atoms with Gasteiger partial charge in [-0.15, -0.1) is 6.58 Å². The van der Waals surface area contributed by atoms with E-state index >= 15 is 0 Å². The summed E-state index contributed by atoms with van der Waals surface area (Å²) < 4.78 is 27.7. The Labute approximate surface area is 154 Å². The monoisotopic (exact) mass is 374 g/mol. The number of nitro benzene ring substituents is 1. The van der Waals surface area contributed by atoms with Crippen molar-refractivity contribution in [2.24, 2.45) is 0 Å². The van der Waals surface area contributed by atoms with Crippen LogP contribution in [0.4, 0.5) is 5.69 Å². The highest BCUT2D eigenvalue weighted by molar-refractivity contribution is 7.89. The molecule has 0 saturated heterocycles. The van der Waals surface area contributed by atoms with Crippen LogP contribution in [-0.2, 0) is 16.4 Å². The molecule has 0 aliphatic carbocycles. The Morgan fingerprint density at radius 1 is 1.15 bits per heavy atom. The largest absolute Gasteiger partial charge is 0.289 e. The van der Waals surface area contributed by atoms with Crippen molar-refractivity contribution in [3.8, 4) is 0 Å². The average Bonchev–Trinajstić information content (AvgIpc) is 2.62. The fourth-order valence-corrected chi connectivity index (χ4v) is 4.57. The summed E-state index contributed by atoms with van der Waals surface area (Å²) in [5.74, 6) is 0. The van der Waals surface area contributed by atoms with Gasteiger partial charge in [0.2, 0.25) is 10.0 Å². The molecule has 26 heavy (non-hydrogen) atoms. The first-order chi connectivity index (χ1) is 12.4. The Morgan fingerprint density at radius 3 is 2.38 bits per heavy atom. The van der Waals surface area contributed by atoms with E-state index in [-0.39, 0.29) is 17.5 Å². The lowest BCUT2D eigenvalue weighted by Gasteiger charge is -2.27. The lowest BCUT2D eigenvalue weighted by atomic mass is 10.1. The van der Waals surface area contributed by atoms with Gasteiger partial charge in [-0.2, -0.15) is 4.31 Å². The Balaban J connectivity index is 2.40. The van der Waals surface area contributed by atoms with Crippen molar-refractivity contribution in [2.75, 3.05) is 6.54 Å². The van der Waals surface area contributed by atoms with E-state index in [1.807, 2.05) is 30.3 Å². The summed E-state index contributed by atoms with van der Waals surface area (Å²) in [7, 11) is -4.02. The molecule has 0 radical (unpaired) electrons. The fraction of sp³-hybridized carbons (Fsp3) is 0.263. The molecule has 0 fully saturated rings. The third kappa shape index (κ3) is 4.56. The summed E-state index contributed by atoms with van der Waals surface area (Å²) >= 11 is 0. The Hall–Kier alpha value is -2.51. The highest BCUT2D eigenvalue weighted by Gasteiger charge is 2.33. The van der Waals surface area contributed by atoms with Crippen LogP contribution >= 0.6 is 0 Å². The van der Waals surface area contributed by atoms with Gasteiger partial charge < -0.3 is 0 Å². The van der Waals surface area contributed by atoms with E-state index in [0.29, 0.717) is 12.8 Å². The summed E-state index contributed by atoms with van der Waals surface area (Å²) in [6.07, 6.45) is 2.62. The lowest BCUT2D eigenvalue weighted by molar-refractivity contribution is -0.387. The van der Waals surface area contributed by atoms with Crippen LogP contribution in [-0.4, -0.2) is 30.2 Å². The molecule has 0 heterocycles. The van der Waals surface area contributed by atoms with Gasteiger partial charge in [0, 0.05) is 18.7 Å². The quantitative estimate of drug-likeness (QED) is 0.380. The van der Waals surface area contributed by atoms with Crippen LogP contribution in [0.25, 0.3) is 0 Å². The van der Waals surface area contributed by atoms with Crippen LogP contribution in [0.2, 0.25) is 0 Å². The molecule has 0 aromatic heterocycles. The number of para-hydroxylation sites is 1. The predicted molar refractivity (Wildman–Crippen MR) is 101 cm³/mol. The molecule has 0 aliphatic rings. The SMILES string of the molecule is C=CCC(C)N(CCc1ccccc1)S(=O)(=O)c1ccccc1[N+](=O)[O-]. The van der Waals surface area contributed by atoms with Gasteiger partial charge in [0.15, 0.2) is 4.90 Å². The van der Waals surface area contributed by atoms with Crippen LogP contribution in [0.1, 0.15) is 18.9 Å². The van der Waals surface area contributed by atoms with Crippen LogP contribution in [0.15, 0.2) is 72.1 Å². The first-order valence-corrected chi connectivity index (χ1v) is 9.72. The first kappa shape index (κ1) is 19.8. The zero-order chi connectivity index (χ0) is 19.2. The zero-order valence-electron chi connectivity index (χ0n) is 14.6. The van der Waals surface area contributed by atoms with Crippen molar-refractivity contribution >= 4 is 15.7 Å². The smallest absolute Gasteiger partial charge is 0.258 e. The topological polar surface area (TPSA) is 80.5 Å². The van der Waals surface area contributed by atoms with Crippen molar-refractivity contribution < 1.29 is 13.3 Å². The van der Waals surface area contributed by atoms with Crippen LogP contribution in [0.3, 0.4) is 0 Å². The van der Waals surface area contributed by atoms with Gasteiger partial charge in [-0.25, -0.2) is 8.42 Å². The highest BCUT2D eigenvalue weighted by Crippen LogP contribution is 2.28. The van der Waals surface area contributed by atoms with E-state index < -0.39 is 20.6 Å². The van der Waals surface area contributed by atoms with Crippen LogP contribution < -0.4 is 0 Å². The number of sulfonamides is 1. The third-order valence-corrected chi connectivity index (χ3v) is 6.17. The van der Waals surface area contributed by atoms with Gasteiger partial charge in [0.1, 0.15) is 0 Å². The van der Waals surface area contributed by atoms with E-state index in [2.05, 4.69) is 6.58 Å². The minimum Gasteiger partial charge on any atom is -0.258 e. The van der Waals surface area contributed by atoms with Gasteiger partial charge in [-0.3, -0.25) is 10.1 Å². The predicted octanol–water partition coefficient (Wildman–Crippen LogP) is 3.79. The van der Waals surface area contributed by atoms with E-state index in [0.717, 1.165) is 5.56 Å². The second kappa shape index (κ2) is 8.73. The molecule has 6 nitrogen and oxygen atoms in total. The summed E-state index contributed by atoms with van der Waals surface area (Å²) in [6, 6.07) is 14.6. The molecule has 0 saturated carbocycles. The number of hydrogen-bond acceptors (Lipinski definition) is 4. The van der Waals surface area contributed by atoms with E-state index in [9.17, 15) is 18.5 Å². The van der Waals surface area contributed by atoms with Crippen molar-refractivity contribution in [1.29, 1.82) is 0 Å². The Kier molecular flexibility index (Phi) is 6.65. The molecular weight excluding hydrogens is 352 g/mol. The molecule has 1 atom stereocenters. The molecule has 7 heteroatoms. The summed E-state index contributed by atoms with van der Waals surface area (Å²) in [5.41, 5.74) is 0.587. The maximum Gasteiger partial charge on any atom is 0.289 e. The molecule has 1 unspecified atom stereocenters. The fourth-order valence-electron chi connectivity index (χ4n) is 2.77. The highest BCUT2D eigenvalue weighted by atomic mass is 32.2. The molecule has 138 valence electrons. The number of benzene rings is 2. The minimum absolute atomic E-state index is 0.230. The third-order valence-electron chi connectivity index (χ3n) is 4.11. The molecule has 2 rings (SSSR count). The van der Waals surface area contributed by atoms with E-state index in [1.54, 1.807) is 13.0 Å². The van der Waals surface area contributed by atoms with E-state index in [1.165, 1.54) is 28.6 Å². The first-order valence-electron chi connectivity index (χ1n) is 8.28. The van der Waals surface area contributed by atoms with Crippen LogP contribution in [0.5, 0.6) is 0 Å². The summed E-state index contributed by atoms with van der Waals surface area (Å²) in [4.78, 5) is 10.3. The molecule has 0 bridgehead atoms.